The maximum absolute atomic E-state index is 6.20. The van der Waals surface area contributed by atoms with Crippen molar-refractivity contribution in [3.63, 3.8) is 0 Å². The van der Waals surface area contributed by atoms with Gasteiger partial charge in [0.25, 0.3) is 0 Å². The van der Waals surface area contributed by atoms with Gasteiger partial charge in [0.05, 0.1) is 0 Å². The van der Waals surface area contributed by atoms with Crippen LogP contribution in [-0.2, 0) is 12.8 Å². The lowest BCUT2D eigenvalue weighted by Crippen LogP contribution is -2.55. The van der Waals surface area contributed by atoms with E-state index in [0.29, 0.717) is 0 Å². The molecular weight excluding hydrogens is 246 g/mol. The summed E-state index contributed by atoms with van der Waals surface area (Å²) in [5, 5.41) is 0. The van der Waals surface area contributed by atoms with Crippen LogP contribution in [-0.4, -0.2) is 55.6 Å². The van der Waals surface area contributed by atoms with Gasteiger partial charge in [0.15, 0.2) is 0 Å². The van der Waals surface area contributed by atoms with E-state index in [2.05, 4.69) is 55.1 Å². The minimum absolute atomic E-state index is 0.144. The van der Waals surface area contributed by atoms with Gasteiger partial charge in [0.2, 0.25) is 0 Å². The van der Waals surface area contributed by atoms with Crippen molar-refractivity contribution >= 4 is 0 Å². The quantitative estimate of drug-likeness (QED) is 0.823. The summed E-state index contributed by atoms with van der Waals surface area (Å²) >= 11 is 0. The third-order valence-electron chi connectivity index (χ3n) is 4.62. The summed E-state index contributed by atoms with van der Waals surface area (Å²) in [5.74, 6) is 0. The van der Waals surface area contributed by atoms with E-state index in [0.717, 1.165) is 39.0 Å². The maximum atomic E-state index is 6.20. The molecule has 0 atom stereocenters. The lowest BCUT2D eigenvalue weighted by atomic mass is 9.93. The monoisotopic (exact) mass is 275 g/mol. The Morgan fingerprint density at radius 2 is 1.70 bits per heavy atom. The van der Waals surface area contributed by atoms with Crippen LogP contribution in [0, 0.1) is 0 Å². The van der Waals surface area contributed by atoms with Crippen LogP contribution < -0.4 is 5.73 Å². The van der Waals surface area contributed by atoms with E-state index < -0.39 is 0 Å². The number of hydrogen-bond donors (Lipinski definition) is 1. The lowest BCUT2D eigenvalue weighted by molar-refractivity contribution is 0.104. The van der Waals surface area contributed by atoms with Crippen LogP contribution in [0.1, 0.15) is 24.5 Å². The molecule has 2 rings (SSSR count). The zero-order chi connectivity index (χ0) is 14.6. The molecule has 1 aromatic carbocycles. The molecule has 0 saturated carbocycles. The van der Waals surface area contributed by atoms with Crippen LogP contribution in [0.2, 0.25) is 0 Å². The largest absolute Gasteiger partial charge is 0.329 e. The van der Waals surface area contributed by atoms with Crippen molar-refractivity contribution in [3.05, 3.63) is 35.4 Å². The molecule has 0 unspecified atom stereocenters. The van der Waals surface area contributed by atoms with Gasteiger partial charge in [-0.05, 0) is 64.1 Å². The summed E-state index contributed by atoms with van der Waals surface area (Å²) in [6.45, 7) is 6.37. The number of likely N-dealkylation sites (N-methyl/N-ethyl adjacent to an activating group) is 1. The maximum Gasteiger partial charge on any atom is 0.0412 e. The van der Waals surface area contributed by atoms with Crippen molar-refractivity contribution in [1.82, 2.24) is 9.80 Å². The number of nitrogens with two attached hydrogens (primary N) is 1. The molecule has 0 aliphatic heterocycles. The first kappa shape index (κ1) is 15.5. The van der Waals surface area contributed by atoms with Gasteiger partial charge in [0, 0.05) is 12.1 Å². The van der Waals surface area contributed by atoms with Gasteiger partial charge in [-0.3, -0.25) is 4.90 Å². The van der Waals surface area contributed by atoms with E-state index in [4.69, 9.17) is 5.73 Å². The second kappa shape index (κ2) is 6.70. The van der Waals surface area contributed by atoms with Gasteiger partial charge in [-0.1, -0.05) is 31.2 Å². The van der Waals surface area contributed by atoms with Crippen LogP contribution in [0.4, 0.5) is 0 Å². The number of nitrogens with zero attached hydrogens (tertiary/aromatic N) is 2. The van der Waals surface area contributed by atoms with Crippen molar-refractivity contribution in [1.29, 1.82) is 0 Å². The molecular formula is C17H29N3. The predicted molar refractivity (Wildman–Crippen MR) is 86.1 cm³/mol. The molecule has 0 radical (unpaired) electrons. The van der Waals surface area contributed by atoms with E-state index in [9.17, 15) is 0 Å². The van der Waals surface area contributed by atoms with E-state index in [1.807, 2.05) is 0 Å². The Bertz CT molecular complexity index is 403. The Labute approximate surface area is 123 Å². The molecule has 2 N–H and O–H groups in total. The summed E-state index contributed by atoms with van der Waals surface area (Å²) in [6, 6.07) is 8.82. The number of fused-ring (bicyclic) bond motifs is 1. The van der Waals surface area contributed by atoms with Crippen LogP contribution in [0.5, 0.6) is 0 Å². The number of hydrogen-bond acceptors (Lipinski definition) is 3. The molecule has 3 heteroatoms. The fraction of sp³-hybridized carbons (Fsp3) is 0.647. The van der Waals surface area contributed by atoms with Gasteiger partial charge in [-0.15, -0.1) is 0 Å². The SMILES string of the molecule is CCN(CCCN(C)C)C1(CN)Cc2ccccc2C1. The molecule has 0 aromatic heterocycles. The smallest absolute Gasteiger partial charge is 0.0412 e. The topological polar surface area (TPSA) is 32.5 Å². The summed E-state index contributed by atoms with van der Waals surface area (Å²) < 4.78 is 0. The first-order valence-electron chi connectivity index (χ1n) is 7.78. The molecule has 1 aliphatic carbocycles. The number of benzene rings is 1. The van der Waals surface area contributed by atoms with E-state index in [1.165, 1.54) is 17.5 Å². The Balaban J connectivity index is 2.07. The van der Waals surface area contributed by atoms with Crippen LogP contribution in [0.3, 0.4) is 0 Å². The van der Waals surface area contributed by atoms with Gasteiger partial charge >= 0.3 is 0 Å². The first-order chi connectivity index (χ1) is 9.61. The minimum Gasteiger partial charge on any atom is -0.329 e. The highest BCUT2D eigenvalue weighted by molar-refractivity contribution is 5.36. The van der Waals surface area contributed by atoms with Crippen molar-refractivity contribution in [2.75, 3.05) is 40.3 Å². The van der Waals surface area contributed by atoms with Gasteiger partial charge < -0.3 is 10.6 Å². The Hall–Kier alpha value is -0.900. The molecule has 0 amide bonds. The van der Waals surface area contributed by atoms with Crippen LogP contribution >= 0.6 is 0 Å². The van der Waals surface area contributed by atoms with E-state index in [1.54, 1.807) is 0 Å². The molecule has 1 aromatic rings. The van der Waals surface area contributed by atoms with Crippen LogP contribution in [0.25, 0.3) is 0 Å². The highest BCUT2D eigenvalue weighted by Crippen LogP contribution is 2.34. The van der Waals surface area contributed by atoms with Crippen molar-refractivity contribution in [2.24, 2.45) is 5.73 Å². The van der Waals surface area contributed by atoms with E-state index in [-0.39, 0.29) is 5.54 Å². The van der Waals surface area contributed by atoms with Gasteiger partial charge in [-0.25, -0.2) is 0 Å². The summed E-state index contributed by atoms with van der Waals surface area (Å²) in [6.07, 6.45) is 3.42. The second-order valence-corrected chi connectivity index (χ2v) is 6.29. The molecule has 0 bridgehead atoms. The zero-order valence-corrected chi connectivity index (χ0v) is 13.2. The highest BCUT2D eigenvalue weighted by atomic mass is 15.2. The second-order valence-electron chi connectivity index (χ2n) is 6.29. The van der Waals surface area contributed by atoms with Gasteiger partial charge in [-0.2, -0.15) is 0 Å². The van der Waals surface area contributed by atoms with Crippen molar-refractivity contribution < 1.29 is 0 Å². The zero-order valence-electron chi connectivity index (χ0n) is 13.2. The highest BCUT2D eigenvalue weighted by Gasteiger charge is 2.40. The molecule has 1 aliphatic rings. The Morgan fingerprint density at radius 1 is 1.10 bits per heavy atom. The van der Waals surface area contributed by atoms with E-state index >= 15 is 0 Å². The third-order valence-corrected chi connectivity index (χ3v) is 4.62. The fourth-order valence-corrected chi connectivity index (χ4v) is 3.48. The normalized spacial score (nSPS) is 16.9. The summed E-state index contributed by atoms with van der Waals surface area (Å²) in [7, 11) is 4.28. The fourth-order valence-electron chi connectivity index (χ4n) is 3.48. The summed E-state index contributed by atoms with van der Waals surface area (Å²) in [4.78, 5) is 4.86. The molecule has 3 nitrogen and oxygen atoms in total. The third kappa shape index (κ3) is 3.22. The first-order valence-corrected chi connectivity index (χ1v) is 7.78. The summed E-state index contributed by atoms with van der Waals surface area (Å²) in [5.41, 5.74) is 9.33. The lowest BCUT2D eigenvalue weighted by Gasteiger charge is -2.40. The Morgan fingerprint density at radius 3 is 2.15 bits per heavy atom. The number of rotatable bonds is 7. The minimum atomic E-state index is 0.144. The van der Waals surface area contributed by atoms with Gasteiger partial charge in [0.1, 0.15) is 0 Å². The molecule has 0 fully saturated rings. The molecule has 0 saturated heterocycles. The van der Waals surface area contributed by atoms with Crippen molar-refractivity contribution in [2.45, 2.75) is 31.7 Å². The molecule has 112 valence electrons. The Kier molecular flexibility index (Phi) is 5.19. The molecule has 0 heterocycles. The standard InChI is InChI=1S/C17H29N3/c1-4-20(11-7-10-19(2)3)17(14-18)12-15-8-5-6-9-16(15)13-17/h5-6,8-9H,4,7,10-14,18H2,1-3H3. The molecule has 20 heavy (non-hydrogen) atoms. The van der Waals surface area contributed by atoms with Crippen LogP contribution in [0.15, 0.2) is 24.3 Å². The molecule has 0 spiro atoms. The average molecular weight is 275 g/mol. The van der Waals surface area contributed by atoms with Crippen molar-refractivity contribution in [3.8, 4) is 0 Å². The predicted octanol–water partition coefficient (Wildman–Crippen LogP) is 1.76. The average Bonchev–Trinajstić information content (AvgIpc) is 2.83.